The van der Waals surface area contributed by atoms with Crippen molar-refractivity contribution in [1.82, 2.24) is 19.4 Å². The van der Waals surface area contributed by atoms with Gasteiger partial charge in [0.05, 0.1) is 5.52 Å². The number of benzene rings is 1. The van der Waals surface area contributed by atoms with Gasteiger partial charge in [-0.1, -0.05) is 31.2 Å². The number of amides is 1. The summed E-state index contributed by atoms with van der Waals surface area (Å²) in [6, 6.07) is 14.5. The molecule has 204 valence electrons. The number of carbonyl (C=O) groups excluding carboxylic acids is 1. The second-order valence-corrected chi connectivity index (χ2v) is 11.0. The third kappa shape index (κ3) is 6.35. The molecule has 0 radical (unpaired) electrons. The van der Waals surface area contributed by atoms with Crippen LogP contribution in [0.2, 0.25) is 0 Å². The van der Waals surface area contributed by atoms with Crippen molar-refractivity contribution in [2.75, 3.05) is 31.5 Å². The van der Waals surface area contributed by atoms with Gasteiger partial charge in [-0.25, -0.2) is 9.78 Å². The van der Waals surface area contributed by atoms with E-state index in [0.29, 0.717) is 25.7 Å². The molecule has 1 N–H and O–H groups in total. The van der Waals surface area contributed by atoms with Crippen LogP contribution in [0.15, 0.2) is 53.5 Å². The summed E-state index contributed by atoms with van der Waals surface area (Å²) in [7, 11) is 0. The molecular weight excluding hydrogens is 478 g/mol. The highest BCUT2D eigenvalue weighted by molar-refractivity contribution is 5.80. The zero-order valence-electron chi connectivity index (χ0n) is 23.5. The molecule has 0 spiro atoms. The molecule has 0 bridgehead atoms. The molecule has 2 atom stereocenters. The van der Waals surface area contributed by atoms with Gasteiger partial charge in [-0.2, -0.15) is 0 Å². The minimum Gasteiger partial charge on any atom is -0.444 e. The Kier molecular flexibility index (Phi) is 8.41. The van der Waals surface area contributed by atoms with Gasteiger partial charge in [-0.05, 0) is 58.2 Å². The number of hydrogen-bond donors (Lipinski definition) is 1. The molecule has 38 heavy (non-hydrogen) atoms. The first-order valence-electron chi connectivity index (χ1n) is 13.7. The smallest absolute Gasteiger partial charge is 0.410 e. The number of nitrogens with zero attached hydrogens (tertiary/aromatic N) is 4. The van der Waals surface area contributed by atoms with Crippen LogP contribution in [0, 0.1) is 0 Å². The molecule has 3 heterocycles. The zero-order valence-corrected chi connectivity index (χ0v) is 23.5. The van der Waals surface area contributed by atoms with E-state index >= 15 is 0 Å². The van der Waals surface area contributed by atoms with Crippen LogP contribution >= 0.6 is 0 Å². The molecule has 0 saturated carbocycles. The summed E-state index contributed by atoms with van der Waals surface area (Å²) < 4.78 is 7.31. The van der Waals surface area contributed by atoms with Crippen LogP contribution in [0.25, 0.3) is 10.9 Å². The fourth-order valence-corrected chi connectivity index (χ4v) is 5.15. The van der Waals surface area contributed by atoms with Gasteiger partial charge in [0.25, 0.3) is 5.56 Å². The number of rotatable bonds is 7. The molecule has 8 nitrogen and oxygen atoms in total. The maximum atomic E-state index is 12.4. The lowest BCUT2D eigenvalue weighted by Crippen LogP contribution is -2.50. The molecule has 4 rings (SSSR count). The Morgan fingerprint density at radius 2 is 1.68 bits per heavy atom. The SMILES string of the molecule is CCC(c1ccc(C(C)Nc2cc3c(ccc(=O)n3CC)cn2)cc1)N1CCN(C(=O)OC(C)(C)C)CC1. The van der Waals surface area contributed by atoms with Crippen molar-refractivity contribution in [3.8, 4) is 0 Å². The first-order chi connectivity index (χ1) is 18.1. The summed E-state index contributed by atoms with van der Waals surface area (Å²) >= 11 is 0. The van der Waals surface area contributed by atoms with Gasteiger partial charge in [0.15, 0.2) is 0 Å². The largest absolute Gasteiger partial charge is 0.444 e. The Hall–Kier alpha value is -3.39. The minimum absolute atomic E-state index is 0.00230. The Bertz CT molecular complexity index is 1300. The van der Waals surface area contributed by atoms with Crippen molar-refractivity contribution in [3.05, 3.63) is 70.1 Å². The van der Waals surface area contributed by atoms with Crippen LogP contribution in [-0.4, -0.2) is 57.2 Å². The van der Waals surface area contributed by atoms with Crippen LogP contribution in [0.4, 0.5) is 10.6 Å². The van der Waals surface area contributed by atoms with Gasteiger partial charge in [0.2, 0.25) is 0 Å². The standard InChI is InChI=1S/C30H41N5O3/c1-7-25(33-15-17-34(18-16-33)29(37)38-30(4,5)6)23-11-9-22(10-12-23)21(3)32-27-19-26-24(20-31-27)13-14-28(36)35(26)8-2/h9-14,19-21,25H,7-8,15-18H2,1-6H3,(H,31,32). The fourth-order valence-electron chi connectivity index (χ4n) is 5.15. The van der Waals surface area contributed by atoms with Crippen molar-refractivity contribution in [2.45, 2.75) is 72.2 Å². The average molecular weight is 520 g/mol. The molecule has 1 amide bonds. The predicted octanol–water partition coefficient (Wildman–Crippen LogP) is 5.59. The van der Waals surface area contributed by atoms with Gasteiger partial charge in [0, 0.05) is 68.5 Å². The van der Waals surface area contributed by atoms with E-state index in [1.165, 1.54) is 11.1 Å². The highest BCUT2D eigenvalue weighted by atomic mass is 16.6. The van der Waals surface area contributed by atoms with Gasteiger partial charge in [-0.15, -0.1) is 0 Å². The Balaban J connectivity index is 1.40. The van der Waals surface area contributed by atoms with Crippen LogP contribution < -0.4 is 10.9 Å². The molecule has 2 aromatic heterocycles. The Morgan fingerprint density at radius 1 is 1.03 bits per heavy atom. The van der Waals surface area contributed by atoms with E-state index in [0.717, 1.165) is 36.2 Å². The molecule has 0 aliphatic carbocycles. The molecule has 1 aliphatic heterocycles. The van der Waals surface area contributed by atoms with E-state index in [4.69, 9.17) is 4.74 Å². The number of anilines is 1. The first kappa shape index (κ1) is 27.6. The molecular formula is C30H41N5O3. The normalized spacial score (nSPS) is 16.3. The van der Waals surface area contributed by atoms with E-state index in [-0.39, 0.29) is 17.7 Å². The lowest BCUT2D eigenvalue weighted by atomic mass is 9.98. The van der Waals surface area contributed by atoms with Crippen LogP contribution in [0.3, 0.4) is 0 Å². The first-order valence-corrected chi connectivity index (χ1v) is 13.7. The topological polar surface area (TPSA) is 79.7 Å². The summed E-state index contributed by atoms with van der Waals surface area (Å²) in [5, 5.41) is 4.44. The van der Waals surface area contributed by atoms with E-state index in [1.54, 1.807) is 10.6 Å². The highest BCUT2D eigenvalue weighted by Gasteiger charge is 2.29. The molecule has 1 aliphatic rings. The number of piperazine rings is 1. The maximum absolute atomic E-state index is 12.4. The van der Waals surface area contributed by atoms with E-state index in [1.807, 2.05) is 50.9 Å². The van der Waals surface area contributed by atoms with E-state index < -0.39 is 5.60 Å². The summed E-state index contributed by atoms with van der Waals surface area (Å²) in [5.74, 6) is 0.746. The molecule has 1 fully saturated rings. The molecule has 1 aromatic carbocycles. The number of ether oxygens (including phenoxy) is 1. The zero-order chi connectivity index (χ0) is 27.4. The van der Waals surface area contributed by atoms with Gasteiger partial charge in [-0.3, -0.25) is 9.69 Å². The average Bonchev–Trinajstić information content (AvgIpc) is 2.89. The molecule has 8 heteroatoms. The van der Waals surface area contributed by atoms with E-state index in [2.05, 4.69) is 53.3 Å². The van der Waals surface area contributed by atoms with Crippen molar-refractivity contribution >= 4 is 22.8 Å². The third-order valence-corrected chi connectivity index (χ3v) is 7.17. The number of pyridine rings is 2. The molecule has 1 saturated heterocycles. The second-order valence-electron chi connectivity index (χ2n) is 11.0. The van der Waals surface area contributed by atoms with E-state index in [9.17, 15) is 9.59 Å². The lowest BCUT2D eigenvalue weighted by Gasteiger charge is -2.39. The Labute approximate surface area is 225 Å². The van der Waals surface area contributed by atoms with Crippen LogP contribution in [0.5, 0.6) is 0 Å². The quantitative estimate of drug-likeness (QED) is 0.438. The van der Waals surface area contributed by atoms with Crippen molar-refractivity contribution in [2.24, 2.45) is 0 Å². The maximum Gasteiger partial charge on any atom is 0.410 e. The summed E-state index contributed by atoms with van der Waals surface area (Å²) in [5.41, 5.74) is 2.86. The fraction of sp³-hybridized carbons (Fsp3) is 0.500. The number of carbonyl (C=O) groups is 1. The second kappa shape index (κ2) is 11.6. The van der Waals surface area contributed by atoms with Crippen molar-refractivity contribution in [3.63, 3.8) is 0 Å². The van der Waals surface area contributed by atoms with Crippen molar-refractivity contribution in [1.29, 1.82) is 0 Å². The number of nitrogens with one attached hydrogen (secondary N) is 1. The number of aryl methyl sites for hydroxylation is 1. The predicted molar refractivity (Wildman–Crippen MR) is 153 cm³/mol. The summed E-state index contributed by atoms with van der Waals surface area (Å²) in [6.07, 6.45) is 2.59. The van der Waals surface area contributed by atoms with Gasteiger partial charge >= 0.3 is 6.09 Å². The van der Waals surface area contributed by atoms with Gasteiger partial charge in [0.1, 0.15) is 11.4 Å². The summed E-state index contributed by atoms with van der Waals surface area (Å²) in [4.78, 5) is 33.5. The van der Waals surface area contributed by atoms with Crippen LogP contribution in [-0.2, 0) is 11.3 Å². The minimum atomic E-state index is -0.476. The molecule has 2 unspecified atom stereocenters. The number of hydrogen-bond acceptors (Lipinski definition) is 6. The van der Waals surface area contributed by atoms with Crippen LogP contribution in [0.1, 0.15) is 71.2 Å². The van der Waals surface area contributed by atoms with Gasteiger partial charge < -0.3 is 19.5 Å². The molecule has 3 aromatic rings. The summed E-state index contributed by atoms with van der Waals surface area (Å²) in [6.45, 7) is 15.6. The highest BCUT2D eigenvalue weighted by Crippen LogP contribution is 2.28. The Morgan fingerprint density at radius 3 is 2.29 bits per heavy atom. The van der Waals surface area contributed by atoms with Crippen molar-refractivity contribution < 1.29 is 9.53 Å². The third-order valence-electron chi connectivity index (χ3n) is 7.17. The lowest BCUT2D eigenvalue weighted by molar-refractivity contribution is 0.00998. The number of fused-ring (bicyclic) bond motifs is 1. The number of aromatic nitrogens is 2. The monoisotopic (exact) mass is 519 g/mol.